The first-order valence-electron chi connectivity index (χ1n) is 6.42. The number of nitrogen functional groups attached to an aromatic ring is 1. The van der Waals surface area contributed by atoms with Gasteiger partial charge >= 0.3 is 0 Å². The normalized spacial score (nSPS) is 12.0. The summed E-state index contributed by atoms with van der Waals surface area (Å²) in [5.41, 5.74) is 13.8. The Labute approximate surface area is 128 Å². The molecule has 0 saturated carbocycles. The van der Waals surface area contributed by atoms with Crippen molar-refractivity contribution in [3.8, 4) is 11.5 Å². The fraction of sp³-hybridized carbons (Fsp3) is 0.267. The van der Waals surface area contributed by atoms with Gasteiger partial charge in [-0.1, -0.05) is 17.7 Å². The van der Waals surface area contributed by atoms with Crippen LogP contribution >= 0.6 is 11.6 Å². The van der Waals surface area contributed by atoms with E-state index in [0.717, 1.165) is 11.1 Å². The van der Waals surface area contributed by atoms with Crippen molar-refractivity contribution in [3.63, 3.8) is 0 Å². The lowest BCUT2D eigenvalue weighted by Gasteiger charge is -2.15. The summed E-state index contributed by atoms with van der Waals surface area (Å²) in [7, 11) is 3.20. The minimum atomic E-state index is -0.297. The van der Waals surface area contributed by atoms with Gasteiger partial charge in [-0.2, -0.15) is 0 Å². The van der Waals surface area contributed by atoms with E-state index in [4.69, 9.17) is 32.5 Å². The van der Waals surface area contributed by atoms with Crippen molar-refractivity contribution in [3.05, 3.63) is 46.6 Å². The number of benzene rings is 1. The molecule has 0 radical (unpaired) electrons. The molecule has 6 heteroatoms. The van der Waals surface area contributed by atoms with Gasteiger partial charge in [0.15, 0.2) is 11.5 Å². The number of ether oxygens (including phenoxy) is 2. The van der Waals surface area contributed by atoms with Crippen LogP contribution in [0.1, 0.15) is 17.2 Å². The van der Waals surface area contributed by atoms with Gasteiger partial charge in [-0.05, 0) is 30.2 Å². The van der Waals surface area contributed by atoms with Gasteiger partial charge in [-0.15, -0.1) is 0 Å². The molecule has 2 aromatic rings. The molecule has 1 aromatic carbocycles. The monoisotopic (exact) mass is 307 g/mol. The van der Waals surface area contributed by atoms with Gasteiger partial charge in [0.1, 0.15) is 5.82 Å². The van der Waals surface area contributed by atoms with E-state index in [2.05, 4.69) is 4.98 Å². The minimum Gasteiger partial charge on any atom is -0.493 e. The first-order valence-corrected chi connectivity index (χ1v) is 6.80. The Bertz CT molecular complexity index is 634. The number of methoxy groups -OCH3 is 2. The van der Waals surface area contributed by atoms with Crippen molar-refractivity contribution in [2.45, 2.75) is 12.5 Å². The number of nitrogens with zero attached hydrogens (tertiary/aromatic N) is 1. The molecule has 0 saturated heterocycles. The fourth-order valence-electron chi connectivity index (χ4n) is 2.13. The van der Waals surface area contributed by atoms with Gasteiger partial charge in [0.25, 0.3) is 0 Å². The molecule has 5 nitrogen and oxygen atoms in total. The van der Waals surface area contributed by atoms with E-state index in [1.807, 2.05) is 18.2 Å². The molecule has 4 N–H and O–H groups in total. The van der Waals surface area contributed by atoms with Crippen LogP contribution in [0.2, 0.25) is 5.02 Å². The highest BCUT2D eigenvalue weighted by Gasteiger charge is 2.14. The molecule has 0 fully saturated rings. The highest BCUT2D eigenvalue weighted by molar-refractivity contribution is 6.30. The molecule has 0 spiro atoms. The Hall–Kier alpha value is -1.98. The Kier molecular flexibility index (Phi) is 4.88. The second kappa shape index (κ2) is 6.65. The quantitative estimate of drug-likeness (QED) is 0.887. The summed E-state index contributed by atoms with van der Waals surface area (Å²) in [4.78, 5) is 4.02. The summed E-state index contributed by atoms with van der Waals surface area (Å²) in [6.07, 6.45) is 2.09. The average Bonchev–Trinajstić information content (AvgIpc) is 2.49. The van der Waals surface area contributed by atoms with Crippen molar-refractivity contribution >= 4 is 17.4 Å². The maximum Gasteiger partial charge on any atom is 0.160 e. The lowest BCUT2D eigenvalue weighted by Crippen LogP contribution is -2.16. The Balaban J connectivity index is 2.23. The molecule has 1 heterocycles. The molecule has 1 atom stereocenters. The second-order valence-electron chi connectivity index (χ2n) is 4.63. The Morgan fingerprint density at radius 2 is 1.90 bits per heavy atom. The molecule has 1 aromatic heterocycles. The van der Waals surface area contributed by atoms with Crippen molar-refractivity contribution in [1.29, 1.82) is 0 Å². The van der Waals surface area contributed by atoms with E-state index in [0.29, 0.717) is 28.8 Å². The van der Waals surface area contributed by atoms with Crippen LogP contribution in [0.4, 0.5) is 5.82 Å². The van der Waals surface area contributed by atoms with Crippen molar-refractivity contribution < 1.29 is 9.47 Å². The fourth-order valence-corrected chi connectivity index (χ4v) is 2.30. The van der Waals surface area contributed by atoms with Gasteiger partial charge in [0.05, 0.1) is 19.2 Å². The van der Waals surface area contributed by atoms with Crippen molar-refractivity contribution in [2.75, 3.05) is 20.0 Å². The number of anilines is 1. The van der Waals surface area contributed by atoms with E-state index in [1.165, 1.54) is 6.20 Å². The van der Waals surface area contributed by atoms with E-state index < -0.39 is 0 Å². The smallest absolute Gasteiger partial charge is 0.160 e. The molecule has 112 valence electrons. The number of rotatable bonds is 5. The van der Waals surface area contributed by atoms with Crippen molar-refractivity contribution in [1.82, 2.24) is 4.98 Å². The second-order valence-corrected chi connectivity index (χ2v) is 5.06. The van der Waals surface area contributed by atoms with Gasteiger partial charge < -0.3 is 20.9 Å². The summed E-state index contributed by atoms with van der Waals surface area (Å²) in [6.45, 7) is 0. The zero-order valence-electron chi connectivity index (χ0n) is 12.0. The molecule has 0 aliphatic rings. The number of aromatic nitrogens is 1. The Morgan fingerprint density at radius 1 is 1.19 bits per heavy atom. The number of hydrogen-bond donors (Lipinski definition) is 2. The summed E-state index contributed by atoms with van der Waals surface area (Å²) >= 11 is 5.94. The van der Waals surface area contributed by atoms with Gasteiger partial charge in [0.2, 0.25) is 0 Å². The summed E-state index contributed by atoms with van der Waals surface area (Å²) < 4.78 is 10.5. The molecule has 2 rings (SSSR count). The SMILES string of the molecule is COc1ccc(CC(N)c2cc(Cl)cnc2N)cc1OC. The topological polar surface area (TPSA) is 83.4 Å². The molecular weight excluding hydrogens is 290 g/mol. The number of halogens is 1. The summed E-state index contributed by atoms with van der Waals surface area (Å²) in [5.74, 6) is 1.74. The van der Waals surface area contributed by atoms with Crippen LogP contribution in [0, 0.1) is 0 Å². The maximum absolute atomic E-state index is 6.21. The number of pyridine rings is 1. The largest absolute Gasteiger partial charge is 0.493 e. The third-order valence-electron chi connectivity index (χ3n) is 3.22. The molecule has 21 heavy (non-hydrogen) atoms. The Morgan fingerprint density at radius 3 is 2.57 bits per heavy atom. The summed E-state index contributed by atoms with van der Waals surface area (Å²) in [6, 6.07) is 7.13. The molecule has 0 aliphatic heterocycles. The van der Waals surface area contributed by atoms with E-state index in [1.54, 1.807) is 20.3 Å². The summed E-state index contributed by atoms with van der Waals surface area (Å²) in [5, 5.41) is 0.516. The predicted octanol–water partition coefficient (Wildman–Crippen LogP) is 2.58. The number of nitrogens with two attached hydrogens (primary N) is 2. The zero-order chi connectivity index (χ0) is 15.4. The first kappa shape index (κ1) is 15.4. The van der Waals surface area contributed by atoms with E-state index >= 15 is 0 Å². The van der Waals surface area contributed by atoms with Crippen molar-refractivity contribution in [2.24, 2.45) is 5.73 Å². The van der Waals surface area contributed by atoms with Gasteiger partial charge in [0, 0.05) is 17.8 Å². The van der Waals surface area contributed by atoms with E-state index in [-0.39, 0.29) is 6.04 Å². The lowest BCUT2D eigenvalue weighted by molar-refractivity contribution is 0.354. The van der Waals surface area contributed by atoms with Crippen LogP contribution in [0.3, 0.4) is 0 Å². The van der Waals surface area contributed by atoms with Crippen LogP contribution in [-0.2, 0) is 6.42 Å². The molecule has 0 bridgehead atoms. The predicted molar refractivity (Wildman–Crippen MR) is 83.8 cm³/mol. The van der Waals surface area contributed by atoms with Crippen LogP contribution in [-0.4, -0.2) is 19.2 Å². The minimum absolute atomic E-state index is 0.297. The van der Waals surface area contributed by atoms with Crippen LogP contribution in [0.25, 0.3) is 0 Å². The maximum atomic E-state index is 6.21. The molecular formula is C15H18ClN3O2. The standard InChI is InChI=1S/C15H18ClN3O2/c1-20-13-4-3-9(6-14(13)21-2)5-12(17)11-7-10(16)8-19-15(11)18/h3-4,6-8,12H,5,17H2,1-2H3,(H2,18,19). The van der Waals surface area contributed by atoms with Gasteiger partial charge in [-0.3, -0.25) is 0 Å². The first-order chi connectivity index (χ1) is 10.0. The van der Waals surface area contributed by atoms with Crippen LogP contribution in [0.5, 0.6) is 11.5 Å². The van der Waals surface area contributed by atoms with Gasteiger partial charge in [-0.25, -0.2) is 4.98 Å². The van der Waals surface area contributed by atoms with E-state index in [9.17, 15) is 0 Å². The third-order valence-corrected chi connectivity index (χ3v) is 3.43. The zero-order valence-corrected chi connectivity index (χ0v) is 12.7. The highest BCUT2D eigenvalue weighted by Crippen LogP contribution is 2.30. The number of hydrogen-bond acceptors (Lipinski definition) is 5. The van der Waals surface area contributed by atoms with Crippen LogP contribution in [0.15, 0.2) is 30.5 Å². The molecule has 0 amide bonds. The third kappa shape index (κ3) is 3.56. The van der Waals surface area contributed by atoms with Crippen LogP contribution < -0.4 is 20.9 Å². The lowest BCUT2D eigenvalue weighted by atomic mass is 10.00. The molecule has 1 unspecified atom stereocenters. The molecule has 0 aliphatic carbocycles. The average molecular weight is 308 g/mol. The highest BCUT2D eigenvalue weighted by atomic mass is 35.5.